The van der Waals surface area contributed by atoms with Crippen molar-refractivity contribution in [2.75, 3.05) is 0 Å². The first-order chi connectivity index (χ1) is 9.29. The Balaban J connectivity index is 1.83. The van der Waals surface area contributed by atoms with Gasteiger partial charge >= 0.3 is 0 Å². The molecule has 96 valence electrons. The SMILES string of the molecule is Cc1cc(Cn2cccn2)nc(Cn2nccn2)c1. The summed E-state index contributed by atoms with van der Waals surface area (Å²) >= 11 is 0. The van der Waals surface area contributed by atoms with Crippen LogP contribution in [0.1, 0.15) is 17.0 Å². The van der Waals surface area contributed by atoms with Gasteiger partial charge in [-0.2, -0.15) is 20.1 Å². The lowest BCUT2D eigenvalue weighted by molar-refractivity contribution is 0.577. The minimum absolute atomic E-state index is 0.584. The van der Waals surface area contributed by atoms with Crippen LogP contribution < -0.4 is 0 Å². The van der Waals surface area contributed by atoms with Crippen LogP contribution in [0.25, 0.3) is 0 Å². The van der Waals surface area contributed by atoms with Gasteiger partial charge in [0.05, 0.1) is 30.3 Å². The summed E-state index contributed by atoms with van der Waals surface area (Å²) in [6.45, 7) is 3.32. The van der Waals surface area contributed by atoms with Crippen molar-refractivity contribution < 1.29 is 0 Å². The standard InChI is InChI=1S/C13H14N6/c1-11-7-12(9-18-6-2-3-14-18)17-13(8-11)10-19-15-4-5-16-19/h2-8H,9-10H2,1H3. The fourth-order valence-electron chi connectivity index (χ4n) is 2.01. The first-order valence-corrected chi connectivity index (χ1v) is 6.07. The van der Waals surface area contributed by atoms with Gasteiger partial charge in [0, 0.05) is 12.4 Å². The largest absolute Gasteiger partial charge is 0.267 e. The van der Waals surface area contributed by atoms with E-state index in [-0.39, 0.29) is 0 Å². The topological polar surface area (TPSA) is 61.4 Å². The van der Waals surface area contributed by atoms with Crippen LogP contribution in [0.15, 0.2) is 43.0 Å². The summed E-state index contributed by atoms with van der Waals surface area (Å²) in [6, 6.07) is 6.03. The molecular formula is C13H14N6. The van der Waals surface area contributed by atoms with Crippen molar-refractivity contribution in [3.63, 3.8) is 0 Å². The summed E-state index contributed by atoms with van der Waals surface area (Å²) in [5.41, 5.74) is 3.13. The predicted octanol–water partition coefficient (Wildman–Crippen LogP) is 1.27. The number of pyridine rings is 1. The van der Waals surface area contributed by atoms with Crippen molar-refractivity contribution >= 4 is 0 Å². The molecule has 3 rings (SSSR count). The third-order valence-electron chi connectivity index (χ3n) is 2.73. The minimum Gasteiger partial charge on any atom is -0.267 e. The van der Waals surface area contributed by atoms with E-state index in [1.165, 1.54) is 5.56 Å². The quantitative estimate of drug-likeness (QED) is 0.703. The summed E-state index contributed by atoms with van der Waals surface area (Å²) in [7, 11) is 0. The van der Waals surface area contributed by atoms with Gasteiger partial charge in [-0.05, 0) is 30.7 Å². The van der Waals surface area contributed by atoms with Crippen LogP contribution in [-0.4, -0.2) is 29.8 Å². The maximum Gasteiger partial charge on any atom is 0.103 e. The maximum atomic E-state index is 4.62. The van der Waals surface area contributed by atoms with Crippen molar-refractivity contribution in [3.8, 4) is 0 Å². The normalized spacial score (nSPS) is 10.8. The first kappa shape index (κ1) is 11.6. The average molecular weight is 254 g/mol. The Bertz CT molecular complexity index is 587. The summed E-state index contributed by atoms with van der Waals surface area (Å²) in [4.78, 5) is 6.25. The van der Waals surface area contributed by atoms with Gasteiger partial charge in [-0.15, -0.1) is 0 Å². The Kier molecular flexibility index (Phi) is 3.06. The van der Waals surface area contributed by atoms with E-state index in [0.717, 1.165) is 11.4 Å². The third-order valence-corrected chi connectivity index (χ3v) is 2.73. The number of hydrogen-bond acceptors (Lipinski definition) is 4. The third kappa shape index (κ3) is 2.85. The van der Waals surface area contributed by atoms with Gasteiger partial charge in [-0.3, -0.25) is 9.67 Å². The van der Waals surface area contributed by atoms with Gasteiger partial charge in [0.2, 0.25) is 0 Å². The van der Waals surface area contributed by atoms with Gasteiger partial charge in [0.1, 0.15) is 6.54 Å². The number of nitrogens with zero attached hydrogens (tertiary/aromatic N) is 6. The van der Waals surface area contributed by atoms with Crippen LogP contribution in [0.5, 0.6) is 0 Å². The molecule has 6 nitrogen and oxygen atoms in total. The molecule has 0 aromatic carbocycles. The number of hydrogen-bond donors (Lipinski definition) is 0. The lowest BCUT2D eigenvalue weighted by Gasteiger charge is -2.07. The van der Waals surface area contributed by atoms with E-state index in [4.69, 9.17) is 0 Å². The summed E-state index contributed by atoms with van der Waals surface area (Å²) in [5, 5.41) is 12.4. The van der Waals surface area contributed by atoms with E-state index < -0.39 is 0 Å². The second-order valence-electron chi connectivity index (χ2n) is 4.39. The van der Waals surface area contributed by atoms with Crippen molar-refractivity contribution in [3.05, 3.63) is 59.9 Å². The maximum absolute atomic E-state index is 4.62. The molecule has 0 aliphatic carbocycles. The van der Waals surface area contributed by atoms with Crippen LogP contribution in [0.2, 0.25) is 0 Å². The van der Waals surface area contributed by atoms with Crippen molar-refractivity contribution in [2.24, 2.45) is 0 Å². The van der Waals surface area contributed by atoms with E-state index in [1.807, 2.05) is 16.9 Å². The molecular weight excluding hydrogens is 240 g/mol. The highest BCUT2D eigenvalue weighted by Crippen LogP contribution is 2.07. The molecule has 0 radical (unpaired) electrons. The molecule has 3 aromatic heterocycles. The molecule has 0 N–H and O–H groups in total. The van der Waals surface area contributed by atoms with Gasteiger partial charge in [-0.1, -0.05) is 0 Å². The second kappa shape index (κ2) is 5.01. The molecule has 6 heteroatoms. The van der Waals surface area contributed by atoms with E-state index >= 15 is 0 Å². The zero-order valence-corrected chi connectivity index (χ0v) is 10.6. The molecule has 0 fully saturated rings. The number of rotatable bonds is 4. The van der Waals surface area contributed by atoms with Crippen LogP contribution in [0.4, 0.5) is 0 Å². The molecule has 0 saturated heterocycles. The molecule has 0 spiro atoms. The Hall–Kier alpha value is -2.50. The van der Waals surface area contributed by atoms with E-state index in [0.29, 0.717) is 13.1 Å². The second-order valence-corrected chi connectivity index (χ2v) is 4.39. The van der Waals surface area contributed by atoms with Crippen LogP contribution in [0, 0.1) is 6.92 Å². The monoisotopic (exact) mass is 254 g/mol. The van der Waals surface area contributed by atoms with E-state index in [1.54, 1.807) is 23.4 Å². The first-order valence-electron chi connectivity index (χ1n) is 6.07. The molecule has 19 heavy (non-hydrogen) atoms. The predicted molar refractivity (Wildman–Crippen MR) is 69.4 cm³/mol. The molecule has 0 atom stereocenters. The molecule has 3 heterocycles. The Morgan fingerprint density at radius 1 is 0.947 bits per heavy atom. The van der Waals surface area contributed by atoms with Crippen molar-refractivity contribution in [1.29, 1.82) is 0 Å². The Labute approximate surface area is 110 Å². The van der Waals surface area contributed by atoms with E-state index in [2.05, 4.69) is 39.3 Å². The Morgan fingerprint density at radius 3 is 2.37 bits per heavy atom. The summed E-state index contributed by atoms with van der Waals surface area (Å²) in [6.07, 6.45) is 7.03. The lowest BCUT2D eigenvalue weighted by atomic mass is 10.2. The average Bonchev–Trinajstić information content (AvgIpc) is 3.01. The van der Waals surface area contributed by atoms with Crippen LogP contribution >= 0.6 is 0 Å². The molecule has 3 aromatic rings. The fraction of sp³-hybridized carbons (Fsp3) is 0.231. The highest BCUT2D eigenvalue weighted by molar-refractivity contribution is 5.20. The molecule has 0 saturated carbocycles. The molecule has 0 amide bonds. The van der Waals surface area contributed by atoms with Gasteiger partial charge < -0.3 is 0 Å². The van der Waals surface area contributed by atoms with Gasteiger partial charge in [0.15, 0.2) is 0 Å². The van der Waals surface area contributed by atoms with Crippen molar-refractivity contribution in [1.82, 2.24) is 29.8 Å². The van der Waals surface area contributed by atoms with E-state index in [9.17, 15) is 0 Å². The smallest absolute Gasteiger partial charge is 0.103 e. The van der Waals surface area contributed by atoms with Crippen LogP contribution in [0.3, 0.4) is 0 Å². The van der Waals surface area contributed by atoms with Gasteiger partial charge in [-0.25, -0.2) is 0 Å². The zero-order chi connectivity index (χ0) is 13.1. The number of aryl methyl sites for hydroxylation is 1. The summed E-state index contributed by atoms with van der Waals surface area (Å²) in [5.74, 6) is 0. The molecule has 0 bridgehead atoms. The minimum atomic E-state index is 0.584. The summed E-state index contributed by atoms with van der Waals surface area (Å²) < 4.78 is 1.86. The molecule has 0 aliphatic heterocycles. The highest BCUT2D eigenvalue weighted by Gasteiger charge is 2.03. The zero-order valence-electron chi connectivity index (χ0n) is 10.6. The molecule has 0 unspecified atom stereocenters. The highest BCUT2D eigenvalue weighted by atomic mass is 15.5. The van der Waals surface area contributed by atoms with Gasteiger partial charge in [0.25, 0.3) is 0 Å². The fourth-order valence-corrected chi connectivity index (χ4v) is 2.01. The lowest BCUT2D eigenvalue weighted by Crippen LogP contribution is -2.09. The molecule has 0 aliphatic rings. The Morgan fingerprint density at radius 2 is 1.68 bits per heavy atom. The van der Waals surface area contributed by atoms with Crippen molar-refractivity contribution in [2.45, 2.75) is 20.0 Å². The number of aromatic nitrogens is 6. The van der Waals surface area contributed by atoms with Crippen LogP contribution in [-0.2, 0) is 13.1 Å².